The summed E-state index contributed by atoms with van der Waals surface area (Å²) in [4.78, 5) is 9.98. The molecule has 0 N–H and O–H groups in total. The topological polar surface area (TPSA) is 25.8 Å². The molecule has 2 aromatic heterocycles. The van der Waals surface area contributed by atoms with Gasteiger partial charge in [-0.15, -0.1) is 0 Å². The van der Waals surface area contributed by atoms with Gasteiger partial charge in [0.05, 0.1) is 11.0 Å². The van der Waals surface area contributed by atoms with Gasteiger partial charge in [-0.2, -0.15) is 0 Å². The lowest BCUT2D eigenvalue weighted by atomic mass is 9.98. The summed E-state index contributed by atoms with van der Waals surface area (Å²) in [5.41, 5.74) is 5.75. The van der Waals surface area contributed by atoms with Crippen molar-refractivity contribution in [3.8, 4) is 0 Å². The summed E-state index contributed by atoms with van der Waals surface area (Å²) in [6, 6.07) is 10.9. The minimum atomic E-state index is 0.478. The van der Waals surface area contributed by atoms with Crippen LogP contribution in [0, 0.1) is 6.92 Å². The van der Waals surface area contributed by atoms with E-state index in [0.29, 0.717) is 11.8 Å². The van der Waals surface area contributed by atoms with E-state index in [1.165, 1.54) is 27.7 Å². The van der Waals surface area contributed by atoms with Gasteiger partial charge >= 0.3 is 0 Å². The van der Waals surface area contributed by atoms with Gasteiger partial charge in [-0.3, -0.25) is 9.97 Å². The fourth-order valence-corrected chi connectivity index (χ4v) is 3.03. The van der Waals surface area contributed by atoms with E-state index in [9.17, 15) is 0 Å². The van der Waals surface area contributed by atoms with Crippen LogP contribution in [-0.2, 0) is 0 Å². The number of hydrogen-bond donors (Lipinski definition) is 0. The summed E-state index contributed by atoms with van der Waals surface area (Å²) >= 11 is 0. The summed E-state index contributed by atoms with van der Waals surface area (Å²) in [7, 11) is 0. The van der Waals surface area contributed by atoms with Gasteiger partial charge in [-0.05, 0) is 49.3 Å². The molecule has 1 aromatic carbocycles. The Bertz CT molecular complexity index is 851. The van der Waals surface area contributed by atoms with Crippen molar-refractivity contribution in [2.45, 2.75) is 59.3 Å². The summed E-state index contributed by atoms with van der Waals surface area (Å²) in [6.07, 6.45) is 2.21. The molecular formula is C21H26N2. The molecule has 2 unspecified atom stereocenters. The van der Waals surface area contributed by atoms with Crippen molar-refractivity contribution in [2.75, 3.05) is 0 Å². The van der Waals surface area contributed by atoms with Crippen molar-refractivity contribution in [1.29, 1.82) is 0 Å². The van der Waals surface area contributed by atoms with Gasteiger partial charge in [-0.1, -0.05) is 45.9 Å². The van der Waals surface area contributed by atoms with Crippen LogP contribution in [0.3, 0.4) is 0 Å². The molecule has 0 amide bonds. The van der Waals surface area contributed by atoms with Crippen LogP contribution in [0.1, 0.15) is 69.3 Å². The van der Waals surface area contributed by atoms with Crippen molar-refractivity contribution >= 4 is 21.8 Å². The second-order valence-corrected chi connectivity index (χ2v) is 6.75. The number of fused-ring (bicyclic) bond motifs is 3. The third kappa shape index (κ3) is 2.83. The highest BCUT2D eigenvalue weighted by Gasteiger charge is 2.13. The van der Waals surface area contributed by atoms with Gasteiger partial charge in [-0.25, -0.2) is 0 Å². The molecule has 2 atom stereocenters. The highest BCUT2D eigenvalue weighted by atomic mass is 14.8. The van der Waals surface area contributed by atoms with E-state index in [0.717, 1.165) is 23.9 Å². The summed E-state index contributed by atoms with van der Waals surface area (Å²) in [5.74, 6) is 0.958. The maximum Gasteiger partial charge on any atom is 0.0970 e. The van der Waals surface area contributed by atoms with Crippen molar-refractivity contribution < 1.29 is 0 Å². The van der Waals surface area contributed by atoms with E-state index in [-0.39, 0.29) is 0 Å². The third-order valence-corrected chi connectivity index (χ3v) is 5.12. The van der Waals surface area contributed by atoms with Gasteiger partial charge in [0.1, 0.15) is 0 Å². The Hall–Kier alpha value is -1.96. The van der Waals surface area contributed by atoms with Crippen LogP contribution in [-0.4, -0.2) is 9.97 Å². The molecular weight excluding hydrogens is 280 g/mol. The second kappa shape index (κ2) is 6.27. The maximum absolute atomic E-state index is 5.00. The van der Waals surface area contributed by atoms with Gasteiger partial charge in [0.15, 0.2) is 0 Å². The van der Waals surface area contributed by atoms with E-state index < -0.39 is 0 Å². The minimum Gasteiger partial charge on any atom is -0.250 e. The molecule has 0 saturated heterocycles. The van der Waals surface area contributed by atoms with Gasteiger partial charge in [0, 0.05) is 22.2 Å². The number of aryl methyl sites for hydroxylation is 1. The quantitative estimate of drug-likeness (QED) is 0.543. The average molecular weight is 306 g/mol. The third-order valence-electron chi connectivity index (χ3n) is 5.12. The second-order valence-electron chi connectivity index (χ2n) is 6.75. The molecule has 0 bridgehead atoms. The fourth-order valence-electron chi connectivity index (χ4n) is 3.03. The molecule has 3 rings (SSSR count). The lowest BCUT2D eigenvalue weighted by molar-refractivity contribution is 0.709. The smallest absolute Gasteiger partial charge is 0.0970 e. The first-order valence-electron chi connectivity index (χ1n) is 8.76. The lowest BCUT2D eigenvalue weighted by Gasteiger charge is -2.14. The number of pyridine rings is 2. The average Bonchev–Trinajstić information content (AvgIpc) is 2.59. The molecule has 0 fully saturated rings. The Kier molecular flexibility index (Phi) is 4.34. The predicted molar refractivity (Wildman–Crippen MR) is 99.2 cm³/mol. The van der Waals surface area contributed by atoms with Crippen LogP contribution < -0.4 is 0 Å². The van der Waals surface area contributed by atoms with Crippen LogP contribution in [0.15, 0.2) is 30.3 Å². The number of benzene rings is 1. The normalized spacial score (nSPS) is 14.3. The van der Waals surface area contributed by atoms with E-state index in [2.05, 4.69) is 65.0 Å². The Balaban J connectivity index is 2.32. The fraction of sp³-hybridized carbons (Fsp3) is 0.429. The van der Waals surface area contributed by atoms with E-state index in [1.54, 1.807) is 0 Å². The standard InChI is InChI=1S/C21H26N2/c1-6-13(3)18-11-9-16-8-10-17-15(5)12-19(14(4)7-2)23-21(17)20(16)22-18/h8-14H,6-7H2,1-5H3. The first-order valence-corrected chi connectivity index (χ1v) is 8.76. The zero-order valence-corrected chi connectivity index (χ0v) is 14.9. The van der Waals surface area contributed by atoms with Crippen molar-refractivity contribution in [3.05, 3.63) is 47.3 Å². The lowest BCUT2D eigenvalue weighted by Crippen LogP contribution is -2.00. The molecule has 0 aliphatic rings. The van der Waals surface area contributed by atoms with Gasteiger partial charge < -0.3 is 0 Å². The molecule has 0 radical (unpaired) electrons. The number of rotatable bonds is 4. The Labute approximate surface area is 139 Å². The molecule has 3 aromatic rings. The molecule has 0 saturated carbocycles. The molecule has 23 heavy (non-hydrogen) atoms. The van der Waals surface area contributed by atoms with E-state index in [1.807, 2.05) is 0 Å². The summed E-state index contributed by atoms with van der Waals surface area (Å²) in [6.45, 7) is 11.1. The molecule has 2 nitrogen and oxygen atoms in total. The largest absolute Gasteiger partial charge is 0.250 e. The van der Waals surface area contributed by atoms with Crippen LogP contribution in [0.5, 0.6) is 0 Å². The van der Waals surface area contributed by atoms with Gasteiger partial charge in [0.25, 0.3) is 0 Å². The van der Waals surface area contributed by atoms with Crippen LogP contribution in [0.25, 0.3) is 21.8 Å². The van der Waals surface area contributed by atoms with Crippen LogP contribution in [0.4, 0.5) is 0 Å². The first-order chi connectivity index (χ1) is 11.0. The SMILES string of the molecule is CCC(C)c1ccc2ccc3c(C)cc(C(C)CC)nc3c2n1. The zero-order chi connectivity index (χ0) is 16.6. The highest BCUT2D eigenvalue weighted by molar-refractivity contribution is 6.03. The molecule has 0 spiro atoms. The summed E-state index contributed by atoms with van der Waals surface area (Å²) in [5, 5.41) is 2.40. The number of hydrogen-bond acceptors (Lipinski definition) is 2. The maximum atomic E-state index is 5.00. The predicted octanol–water partition coefficient (Wildman–Crippen LogP) is 6.12. The number of nitrogens with zero attached hydrogens (tertiary/aromatic N) is 2. The Morgan fingerprint density at radius 1 is 0.826 bits per heavy atom. The van der Waals surface area contributed by atoms with Crippen molar-refractivity contribution in [3.63, 3.8) is 0 Å². The van der Waals surface area contributed by atoms with E-state index in [4.69, 9.17) is 9.97 Å². The zero-order valence-electron chi connectivity index (χ0n) is 14.9. The highest BCUT2D eigenvalue weighted by Crippen LogP contribution is 2.29. The molecule has 2 heteroatoms. The van der Waals surface area contributed by atoms with Gasteiger partial charge in [0.2, 0.25) is 0 Å². The summed E-state index contributed by atoms with van der Waals surface area (Å²) < 4.78 is 0. The molecule has 0 aliphatic carbocycles. The van der Waals surface area contributed by atoms with E-state index >= 15 is 0 Å². The molecule has 0 aliphatic heterocycles. The Morgan fingerprint density at radius 3 is 2.13 bits per heavy atom. The van der Waals surface area contributed by atoms with Crippen molar-refractivity contribution in [1.82, 2.24) is 9.97 Å². The molecule has 120 valence electrons. The monoisotopic (exact) mass is 306 g/mol. The minimum absolute atomic E-state index is 0.478. The van der Waals surface area contributed by atoms with Crippen LogP contribution >= 0.6 is 0 Å². The van der Waals surface area contributed by atoms with Crippen molar-refractivity contribution in [2.24, 2.45) is 0 Å². The molecule has 2 heterocycles. The van der Waals surface area contributed by atoms with Crippen LogP contribution in [0.2, 0.25) is 0 Å². The number of aromatic nitrogens is 2. The Morgan fingerprint density at radius 2 is 1.43 bits per heavy atom. The first kappa shape index (κ1) is 15.9.